The number of amides is 1. The number of benzene rings is 2. The lowest BCUT2D eigenvalue weighted by molar-refractivity contribution is -0.115. The van der Waals surface area contributed by atoms with Crippen molar-refractivity contribution in [1.29, 1.82) is 0 Å². The Bertz CT molecular complexity index is 697. The number of aryl methyl sites for hydroxylation is 1. The van der Waals surface area contributed by atoms with Crippen LogP contribution in [0.15, 0.2) is 36.4 Å². The molecule has 0 aliphatic carbocycles. The standard InChI is InChI=1S/C16H14ClNO2/c1-9-5-11-8-14(19)18-15(11)13(6-9)16(20)10-3-2-4-12(17)7-10/h2-7,16,20H,8H2,1H3,(H,18,19). The fourth-order valence-corrected chi connectivity index (χ4v) is 2.81. The number of fused-ring (bicyclic) bond motifs is 1. The van der Waals surface area contributed by atoms with Crippen LogP contribution < -0.4 is 5.32 Å². The van der Waals surface area contributed by atoms with E-state index in [9.17, 15) is 9.90 Å². The van der Waals surface area contributed by atoms with E-state index in [1.807, 2.05) is 25.1 Å². The van der Waals surface area contributed by atoms with E-state index in [0.29, 0.717) is 22.6 Å². The van der Waals surface area contributed by atoms with Crippen molar-refractivity contribution >= 4 is 23.2 Å². The maximum atomic E-state index is 11.6. The summed E-state index contributed by atoms with van der Waals surface area (Å²) in [5.74, 6) is -0.0369. The van der Waals surface area contributed by atoms with E-state index in [4.69, 9.17) is 11.6 Å². The number of rotatable bonds is 2. The molecule has 0 bridgehead atoms. The van der Waals surface area contributed by atoms with Gasteiger partial charge in [0, 0.05) is 10.6 Å². The maximum absolute atomic E-state index is 11.6. The second-order valence-corrected chi connectivity index (χ2v) is 5.51. The quantitative estimate of drug-likeness (QED) is 0.891. The van der Waals surface area contributed by atoms with Crippen LogP contribution in [0.3, 0.4) is 0 Å². The summed E-state index contributed by atoms with van der Waals surface area (Å²) < 4.78 is 0. The molecule has 1 atom stereocenters. The zero-order valence-electron chi connectivity index (χ0n) is 11.0. The summed E-state index contributed by atoms with van der Waals surface area (Å²) in [6, 6.07) is 11.0. The van der Waals surface area contributed by atoms with Crippen LogP contribution in [0.2, 0.25) is 5.02 Å². The monoisotopic (exact) mass is 287 g/mol. The zero-order chi connectivity index (χ0) is 14.3. The van der Waals surface area contributed by atoms with Crippen LogP contribution in [-0.2, 0) is 11.2 Å². The van der Waals surface area contributed by atoms with Gasteiger partial charge in [-0.05, 0) is 30.2 Å². The zero-order valence-corrected chi connectivity index (χ0v) is 11.7. The van der Waals surface area contributed by atoms with Crippen molar-refractivity contribution < 1.29 is 9.90 Å². The molecule has 3 rings (SSSR count). The van der Waals surface area contributed by atoms with Gasteiger partial charge >= 0.3 is 0 Å². The lowest BCUT2D eigenvalue weighted by Gasteiger charge is -2.16. The highest BCUT2D eigenvalue weighted by Crippen LogP contribution is 2.35. The van der Waals surface area contributed by atoms with E-state index in [1.54, 1.807) is 18.2 Å². The Morgan fingerprint density at radius 2 is 2.10 bits per heavy atom. The molecule has 2 aromatic carbocycles. The topological polar surface area (TPSA) is 49.3 Å². The average molecular weight is 288 g/mol. The molecule has 3 nitrogen and oxygen atoms in total. The van der Waals surface area contributed by atoms with E-state index < -0.39 is 6.10 Å². The van der Waals surface area contributed by atoms with Gasteiger partial charge in [0.15, 0.2) is 0 Å². The second kappa shape index (κ2) is 4.93. The van der Waals surface area contributed by atoms with Crippen molar-refractivity contribution in [3.05, 3.63) is 63.7 Å². The first-order chi connectivity index (χ1) is 9.54. The predicted octanol–water partition coefficient (Wildman–Crippen LogP) is 3.22. The lowest BCUT2D eigenvalue weighted by atomic mass is 9.95. The fraction of sp³-hybridized carbons (Fsp3) is 0.188. The molecular formula is C16H14ClNO2. The van der Waals surface area contributed by atoms with E-state index >= 15 is 0 Å². The first-order valence-electron chi connectivity index (χ1n) is 6.41. The van der Waals surface area contributed by atoms with Gasteiger partial charge in [0.25, 0.3) is 0 Å². The molecule has 0 fully saturated rings. The van der Waals surface area contributed by atoms with Crippen LogP contribution in [0.25, 0.3) is 0 Å². The summed E-state index contributed by atoms with van der Waals surface area (Å²) in [5.41, 5.74) is 4.12. The molecule has 1 aliphatic heterocycles. The van der Waals surface area contributed by atoms with Crippen molar-refractivity contribution in [3.63, 3.8) is 0 Å². The summed E-state index contributed by atoms with van der Waals surface area (Å²) in [6.07, 6.45) is -0.438. The molecule has 102 valence electrons. The number of hydrogen-bond acceptors (Lipinski definition) is 2. The van der Waals surface area contributed by atoms with Crippen LogP contribution in [0, 0.1) is 6.92 Å². The van der Waals surface area contributed by atoms with Crippen LogP contribution in [-0.4, -0.2) is 11.0 Å². The molecule has 0 saturated heterocycles. The molecule has 0 spiro atoms. The lowest BCUT2D eigenvalue weighted by Crippen LogP contribution is -2.07. The first-order valence-corrected chi connectivity index (χ1v) is 6.79. The summed E-state index contributed by atoms with van der Waals surface area (Å²) in [7, 11) is 0. The average Bonchev–Trinajstić information content (AvgIpc) is 2.77. The fourth-order valence-electron chi connectivity index (χ4n) is 2.61. The molecule has 2 aromatic rings. The molecule has 1 amide bonds. The van der Waals surface area contributed by atoms with Crippen LogP contribution in [0.4, 0.5) is 5.69 Å². The molecule has 1 unspecified atom stereocenters. The third kappa shape index (κ3) is 2.30. The van der Waals surface area contributed by atoms with E-state index in [-0.39, 0.29) is 5.91 Å². The molecule has 0 aromatic heterocycles. The van der Waals surface area contributed by atoms with Gasteiger partial charge < -0.3 is 10.4 Å². The van der Waals surface area contributed by atoms with Crippen molar-refractivity contribution in [2.45, 2.75) is 19.4 Å². The van der Waals surface area contributed by atoms with Gasteiger partial charge in [-0.15, -0.1) is 0 Å². The van der Waals surface area contributed by atoms with Crippen LogP contribution in [0.5, 0.6) is 0 Å². The minimum absolute atomic E-state index is 0.0369. The number of carbonyl (C=O) groups excluding carboxylic acids is 1. The molecule has 2 N–H and O–H groups in total. The Morgan fingerprint density at radius 3 is 2.85 bits per heavy atom. The van der Waals surface area contributed by atoms with Gasteiger partial charge in [-0.25, -0.2) is 0 Å². The second-order valence-electron chi connectivity index (χ2n) is 5.07. The number of hydrogen-bond donors (Lipinski definition) is 2. The largest absolute Gasteiger partial charge is 0.384 e. The van der Waals surface area contributed by atoms with Crippen LogP contribution >= 0.6 is 11.6 Å². The maximum Gasteiger partial charge on any atom is 0.228 e. The number of aliphatic hydroxyl groups is 1. The van der Waals surface area contributed by atoms with Gasteiger partial charge in [0.1, 0.15) is 6.10 Å². The van der Waals surface area contributed by atoms with Crippen molar-refractivity contribution in [2.75, 3.05) is 5.32 Å². The SMILES string of the molecule is Cc1cc2c(c(C(O)c3cccc(Cl)c3)c1)NC(=O)C2. The first kappa shape index (κ1) is 13.2. The van der Waals surface area contributed by atoms with Gasteiger partial charge in [0.2, 0.25) is 5.91 Å². The highest BCUT2D eigenvalue weighted by Gasteiger charge is 2.25. The molecular weight excluding hydrogens is 274 g/mol. The normalized spacial score (nSPS) is 14.8. The molecule has 1 aliphatic rings. The van der Waals surface area contributed by atoms with Gasteiger partial charge in [-0.2, -0.15) is 0 Å². The van der Waals surface area contributed by atoms with E-state index in [2.05, 4.69) is 5.32 Å². The van der Waals surface area contributed by atoms with Crippen molar-refractivity contribution in [1.82, 2.24) is 0 Å². The van der Waals surface area contributed by atoms with Crippen LogP contribution in [0.1, 0.15) is 28.4 Å². The molecule has 0 radical (unpaired) electrons. The number of carbonyl (C=O) groups is 1. The minimum Gasteiger partial charge on any atom is -0.384 e. The third-order valence-electron chi connectivity index (χ3n) is 3.47. The van der Waals surface area contributed by atoms with Crippen molar-refractivity contribution in [3.8, 4) is 0 Å². The molecule has 1 heterocycles. The Hall–Kier alpha value is -1.84. The number of anilines is 1. The molecule has 20 heavy (non-hydrogen) atoms. The molecule has 0 saturated carbocycles. The van der Waals surface area contributed by atoms with Gasteiger partial charge in [0.05, 0.1) is 12.1 Å². The Balaban J connectivity index is 2.09. The Morgan fingerprint density at radius 1 is 1.30 bits per heavy atom. The highest BCUT2D eigenvalue weighted by molar-refractivity contribution is 6.30. The molecule has 4 heteroatoms. The number of nitrogens with one attached hydrogen (secondary N) is 1. The number of halogens is 1. The smallest absolute Gasteiger partial charge is 0.228 e. The van der Waals surface area contributed by atoms with E-state index in [0.717, 1.165) is 16.8 Å². The van der Waals surface area contributed by atoms with Gasteiger partial charge in [-0.1, -0.05) is 41.4 Å². The summed E-state index contributed by atoms with van der Waals surface area (Å²) in [6.45, 7) is 1.96. The summed E-state index contributed by atoms with van der Waals surface area (Å²) in [5, 5.41) is 14.0. The Kier molecular flexibility index (Phi) is 3.24. The third-order valence-corrected chi connectivity index (χ3v) is 3.70. The summed E-state index contributed by atoms with van der Waals surface area (Å²) in [4.78, 5) is 11.6. The summed E-state index contributed by atoms with van der Waals surface area (Å²) >= 11 is 5.97. The van der Waals surface area contributed by atoms with E-state index in [1.165, 1.54) is 0 Å². The minimum atomic E-state index is -0.805. The number of aliphatic hydroxyl groups excluding tert-OH is 1. The highest BCUT2D eigenvalue weighted by atomic mass is 35.5. The van der Waals surface area contributed by atoms with Gasteiger partial charge in [-0.3, -0.25) is 4.79 Å². The predicted molar refractivity (Wildman–Crippen MR) is 79.0 cm³/mol. The Labute approximate surface area is 122 Å². The van der Waals surface area contributed by atoms with Crippen molar-refractivity contribution in [2.24, 2.45) is 0 Å².